The minimum Gasteiger partial charge on any atom is -0.324 e. The molecule has 2 rings (SSSR count). The topological polar surface area (TPSA) is 38.0 Å². The van der Waals surface area contributed by atoms with Crippen LogP contribution in [0, 0.1) is 11.6 Å². The van der Waals surface area contributed by atoms with E-state index in [0.717, 1.165) is 19.3 Å². The van der Waals surface area contributed by atoms with Crippen molar-refractivity contribution in [1.82, 2.24) is 5.32 Å². The van der Waals surface area contributed by atoms with Crippen LogP contribution in [0.5, 0.6) is 0 Å². The van der Waals surface area contributed by atoms with Crippen LogP contribution >= 0.6 is 0 Å². The molecule has 0 spiro atoms. The number of nitrogens with two attached hydrogens (primary N) is 1. The standard InChI is InChI=1S/C12H16F2N2/c13-10-3-1-4-11(14)9(10)7-16-8-12(15)5-2-6-12/h1,3-4,16H,2,5-8,15H2. The smallest absolute Gasteiger partial charge is 0.130 e. The predicted molar refractivity (Wildman–Crippen MR) is 58.8 cm³/mol. The fraction of sp³-hybridized carbons (Fsp3) is 0.500. The molecule has 0 atom stereocenters. The first-order valence-corrected chi connectivity index (χ1v) is 5.53. The summed E-state index contributed by atoms with van der Waals surface area (Å²) in [5, 5.41) is 3.02. The van der Waals surface area contributed by atoms with E-state index in [1.807, 2.05) is 0 Å². The van der Waals surface area contributed by atoms with Gasteiger partial charge < -0.3 is 11.1 Å². The van der Waals surface area contributed by atoms with Crippen molar-refractivity contribution < 1.29 is 8.78 Å². The third kappa shape index (κ3) is 2.39. The number of nitrogens with one attached hydrogen (secondary N) is 1. The van der Waals surface area contributed by atoms with Crippen molar-refractivity contribution in [3.63, 3.8) is 0 Å². The van der Waals surface area contributed by atoms with E-state index in [9.17, 15) is 8.78 Å². The van der Waals surface area contributed by atoms with Gasteiger partial charge in [-0.05, 0) is 31.4 Å². The third-order valence-electron chi connectivity index (χ3n) is 3.19. The van der Waals surface area contributed by atoms with Gasteiger partial charge in [0.1, 0.15) is 11.6 Å². The molecule has 1 aromatic rings. The lowest BCUT2D eigenvalue weighted by molar-refractivity contribution is 0.238. The summed E-state index contributed by atoms with van der Waals surface area (Å²) < 4.78 is 26.5. The molecule has 1 saturated carbocycles. The predicted octanol–water partition coefficient (Wildman–Crippen LogP) is 1.94. The van der Waals surface area contributed by atoms with Gasteiger partial charge in [-0.3, -0.25) is 0 Å². The van der Waals surface area contributed by atoms with Crippen molar-refractivity contribution in [2.45, 2.75) is 31.3 Å². The molecule has 88 valence electrons. The quantitative estimate of drug-likeness (QED) is 0.823. The van der Waals surface area contributed by atoms with Gasteiger partial charge in [0.15, 0.2) is 0 Å². The van der Waals surface area contributed by atoms with Crippen molar-refractivity contribution in [3.05, 3.63) is 35.4 Å². The Labute approximate surface area is 93.8 Å². The summed E-state index contributed by atoms with van der Waals surface area (Å²) in [5.41, 5.74) is 5.92. The highest BCUT2D eigenvalue weighted by molar-refractivity contribution is 5.19. The Balaban J connectivity index is 1.89. The van der Waals surface area contributed by atoms with Crippen LogP contribution in [0.25, 0.3) is 0 Å². The number of hydrogen-bond donors (Lipinski definition) is 2. The molecular weight excluding hydrogens is 210 g/mol. The molecule has 1 fully saturated rings. The van der Waals surface area contributed by atoms with E-state index in [-0.39, 0.29) is 17.6 Å². The van der Waals surface area contributed by atoms with Gasteiger partial charge in [0.2, 0.25) is 0 Å². The van der Waals surface area contributed by atoms with Gasteiger partial charge in [-0.1, -0.05) is 6.07 Å². The molecule has 0 unspecified atom stereocenters. The minimum atomic E-state index is -0.507. The van der Waals surface area contributed by atoms with Gasteiger partial charge in [-0.2, -0.15) is 0 Å². The Morgan fingerprint density at radius 2 is 1.88 bits per heavy atom. The van der Waals surface area contributed by atoms with E-state index in [0.29, 0.717) is 6.54 Å². The highest BCUT2D eigenvalue weighted by Gasteiger charge is 2.31. The highest BCUT2D eigenvalue weighted by Crippen LogP contribution is 2.28. The number of benzene rings is 1. The van der Waals surface area contributed by atoms with Crippen molar-refractivity contribution in [2.24, 2.45) is 5.73 Å². The molecule has 1 aliphatic rings. The molecule has 0 saturated heterocycles. The second-order valence-electron chi connectivity index (χ2n) is 4.52. The van der Waals surface area contributed by atoms with Crippen LogP contribution in [0.1, 0.15) is 24.8 Å². The Morgan fingerprint density at radius 3 is 2.38 bits per heavy atom. The molecule has 1 aromatic carbocycles. The number of rotatable bonds is 4. The van der Waals surface area contributed by atoms with Crippen molar-refractivity contribution in [2.75, 3.05) is 6.54 Å². The summed E-state index contributed by atoms with van der Waals surface area (Å²) in [4.78, 5) is 0. The summed E-state index contributed by atoms with van der Waals surface area (Å²) >= 11 is 0. The molecular formula is C12H16F2N2. The molecule has 16 heavy (non-hydrogen) atoms. The van der Waals surface area contributed by atoms with Gasteiger partial charge in [-0.25, -0.2) is 8.78 Å². The van der Waals surface area contributed by atoms with E-state index < -0.39 is 11.6 Å². The van der Waals surface area contributed by atoms with Crippen molar-refractivity contribution in [3.8, 4) is 0 Å². The maximum absolute atomic E-state index is 13.3. The molecule has 0 amide bonds. The zero-order valence-corrected chi connectivity index (χ0v) is 9.10. The zero-order chi connectivity index (χ0) is 11.6. The van der Waals surface area contributed by atoms with E-state index in [2.05, 4.69) is 5.32 Å². The summed E-state index contributed by atoms with van der Waals surface area (Å²) in [7, 11) is 0. The first-order chi connectivity index (χ1) is 7.61. The average Bonchev–Trinajstić information content (AvgIpc) is 2.20. The Hall–Kier alpha value is -1.00. The molecule has 0 radical (unpaired) electrons. The van der Waals surface area contributed by atoms with Crippen molar-refractivity contribution in [1.29, 1.82) is 0 Å². The monoisotopic (exact) mass is 226 g/mol. The lowest BCUT2D eigenvalue weighted by Gasteiger charge is -2.38. The average molecular weight is 226 g/mol. The molecule has 1 aliphatic carbocycles. The van der Waals surface area contributed by atoms with Gasteiger partial charge in [0, 0.05) is 24.2 Å². The van der Waals surface area contributed by atoms with E-state index in [1.54, 1.807) is 0 Å². The number of halogens is 2. The molecule has 2 nitrogen and oxygen atoms in total. The molecule has 4 heteroatoms. The maximum atomic E-state index is 13.3. The van der Waals surface area contributed by atoms with Gasteiger partial charge in [0.05, 0.1) is 0 Å². The minimum absolute atomic E-state index is 0.0884. The molecule has 0 aromatic heterocycles. The van der Waals surface area contributed by atoms with Crippen LogP contribution in [-0.4, -0.2) is 12.1 Å². The Kier molecular flexibility index (Phi) is 3.21. The lowest BCUT2D eigenvalue weighted by Crippen LogP contribution is -2.53. The summed E-state index contributed by atoms with van der Waals surface area (Å²) in [6, 6.07) is 3.90. The van der Waals surface area contributed by atoms with Gasteiger partial charge >= 0.3 is 0 Å². The van der Waals surface area contributed by atoms with Crippen LogP contribution < -0.4 is 11.1 Å². The van der Waals surface area contributed by atoms with Crippen LogP contribution in [-0.2, 0) is 6.54 Å². The van der Waals surface area contributed by atoms with Crippen molar-refractivity contribution >= 4 is 0 Å². The van der Waals surface area contributed by atoms with Gasteiger partial charge in [0.25, 0.3) is 0 Å². The second kappa shape index (κ2) is 4.47. The van der Waals surface area contributed by atoms with Crippen LogP contribution in [0.4, 0.5) is 8.78 Å². The maximum Gasteiger partial charge on any atom is 0.130 e. The lowest BCUT2D eigenvalue weighted by atomic mass is 9.78. The van der Waals surface area contributed by atoms with E-state index >= 15 is 0 Å². The number of hydrogen-bond acceptors (Lipinski definition) is 2. The van der Waals surface area contributed by atoms with E-state index in [1.165, 1.54) is 18.2 Å². The molecule has 3 N–H and O–H groups in total. The second-order valence-corrected chi connectivity index (χ2v) is 4.52. The Morgan fingerprint density at radius 1 is 1.25 bits per heavy atom. The van der Waals surface area contributed by atoms with Crippen LogP contribution in [0.2, 0.25) is 0 Å². The summed E-state index contributed by atoms with van der Waals surface area (Å²) in [6.45, 7) is 0.804. The molecule has 0 heterocycles. The van der Waals surface area contributed by atoms with E-state index in [4.69, 9.17) is 5.73 Å². The molecule has 0 aliphatic heterocycles. The third-order valence-corrected chi connectivity index (χ3v) is 3.19. The highest BCUT2D eigenvalue weighted by atomic mass is 19.1. The Bertz CT molecular complexity index is 355. The largest absolute Gasteiger partial charge is 0.324 e. The van der Waals surface area contributed by atoms with Crippen LogP contribution in [0.3, 0.4) is 0 Å². The fourth-order valence-electron chi connectivity index (χ4n) is 1.95. The summed E-state index contributed by atoms with van der Waals surface area (Å²) in [5.74, 6) is -1.01. The summed E-state index contributed by atoms with van der Waals surface area (Å²) in [6.07, 6.45) is 3.12. The first-order valence-electron chi connectivity index (χ1n) is 5.53. The molecule has 0 bridgehead atoms. The van der Waals surface area contributed by atoms with Crippen LogP contribution in [0.15, 0.2) is 18.2 Å². The zero-order valence-electron chi connectivity index (χ0n) is 9.10. The first kappa shape index (κ1) is 11.5. The fourth-order valence-corrected chi connectivity index (χ4v) is 1.95. The van der Waals surface area contributed by atoms with Gasteiger partial charge in [-0.15, -0.1) is 0 Å². The normalized spacial score (nSPS) is 18.2. The SMILES string of the molecule is NC1(CNCc2c(F)cccc2F)CCC1.